The van der Waals surface area contributed by atoms with Crippen LogP contribution in [-0.2, 0) is 14.6 Å². The van der Waals surface area contributed by atoms with Gasteiger partial charge in [0.05, 0.1) is 28.4 Å². The zero-order valence-corrected chi connectivity index (χ0v) is 14.5. The number of non-ortho nitro benzene ring substituents is 1. The Hall–Kier alpha value is -3.01. The van der Waals surface area contributed by atoms with Crippen molar-refractivity contribution in [3.63, 3.8) is 0 Å². The highest BCUT2D eigenvalue weighted by Crippen LogP contribution is 2.29. The lowest BCUT2D eigenvalue weighted by molar-refractivity contribution is -0.384. The molecule has 8 nitrogen and oxygen atoms in total. The van der Waals surface area contributed by atoms with Crippen LogP contribution in [0.3, 0.4) is 0 Å². The van der Waals surface area contributed by atoms with Crippen LogP contribution < -0.4 is 10.1 Å². The molecular weight excluding hydrogens is 367 g/mol. The Labute approximate surface area is 148 Å². The molecule has 1 amide bonds. The summed E-state index contributed by atoms with van der Waals surface area (Å²) in [5.74, 6) is -1.53. The van der Waals surface area contributed by atoms with Crippen molar-refractivity contribution >= 4 is 27.1 Å². The Bertz CT molecular complexity index is 928. The summed E-state index contributed by atoms with van der Waals surface area (Å²) in [4.78, 5) is 22.1. The topological polar surface area (TPSA) is 116 Å². The molecule has 0 aromatic heterocycles. The van der Waals surface area contributed by atoms with Gasteiger partial charge in [0, 0.05) is 18.6 Å². The van der Waals surface area contributed by atoms with Gasteiger partial charge in [0.25, 0.3) is 5.69 Å². The van der Waals surface area contributed by atoms with Crippen LogP contribution in [0.1, 0.15) is 6.42 Å². The number of methoxy groups -OCH3 is 1. The van der Waals surface area contributed by atoms with Gasteiger partial charge in [0.15, 0.2) is 9.84 Å². The Morgan fingerprint density at radius 3 is 2.46 bits per heavy atom. The number of benzene rings is 2. The maximum absolute atomic E-state index is 12.9. The van der Waals surface area contributed by atoms with E-state index >= 15 is 0 Å². The number of carbonyl (C=O) groups is 1. The quantitative estimate of drug-likeness (QED) is 0.447. The molecule has 0 unspecified atom stereocenters. The summed E-state index contributed by atoms with van der Waals surface area (Å²) in [5.41, 5.74) is -0.189. The zero-order valence-electron chi connectivity index (χ0n) is 13.6. The third-order valence-corrected chi connectivity index (χ3v) is 5.17. The number of hydrogen-bond donors (Lipinski definition) is 1. The van der Waals surface area contributed by atoms with E-state index in [4.69, 9.17) is 4.74 Å². The first kappa shape index (κ1) is 19.3. The van der Waals surface area contributed by atoms with Gasteiger partial charge in [-0.05, 0) is 30.3 Å². The minimum atomic E-state index is -3.77. The van der Waals surface area contributed by atoms with Crippen molar-refractivity contribution in [2.45, 2.75) is 11.3 Å². The van der Waals surface area contributed by atoms with Crippen LogP contribution in [0.15, 0.2) is 47.4 Å². The first-order chi connectivity index (χ1) is 12.2. The van der Waals surface area contributed by atoms with Gasteiger partial charge < -0.3 is 10.1 Å². The van der Waals surface area contributed by atoms with Crippen LogP contribution in [0.4, 0.5) is 15.8 Å². The number of sulfone groups is 1. The predicted octanol–water partition coefficient (Wildman–Crippen LogP) is 2.55. The molecule has 0 aliphatic carbocycles. The first-order valence-corrected chi connectivity index (χ1v) is 8.99. The molecule has 0 atom stereocenters. The van der Waals surface area contributed by atoms with Crippen molar-refractivity contribution in [1.82, 2.24) is 0 Å². The highest BCUT2D eigenvalue weighted by molar-refractivity contribution is 7.91. The molecule has 0 heterocycles. The first-order valence-electron chi connectivity index (χ1n) is 7.33. The van der Waals surface area contributed by atoms with Crippen molar-refractivity contribution < 1.29 is 27.3 Å². The maximum Gasteiger partial charge on any atom is 0.271 e. The standard InChI is InChI=1S/C16H15FN2O6S/c1-25-15-7-4-12(19(21)22)10-14(15)18-16(20)8-9-26(23,24)13-5-2-11(17)3-6-13/h2-7,10H,8-9H2,1H3,(H,18,20). The van der Waals surface area contributed by atoms with E-state index in [1.54, 1.807) is 0 Å². The minimum absolute atomic E-state index is 0.0610. The molecule has 0 saturated heterocycles. The van der Waals surface area contributed by atoms with Crippen LogP contribution in [0.2, 0.25) is 0 Å². The van der Waals surface area contributed by atoms with Crippen molar-refractivity contribution in [3.05, 3.63) is 58.4 Å². The van der Waals surface area contributed by atoms with E-state index in [1.165, 1.54) is 19.2 Å². The Morgan fingerprint density at radius 2 is 1.88 bits per heavy atom. The number of hydrogen-bond acceptors (Lipinski definition) is 6. The molecule has 0 aliphatic heterocycles. The number of rotatable bonds is 7. The number of nitrogens with one attached hydrogen (secondary N) is 1. The molecular formula is C16H15FN2O6S. The van der Waals surface area contributed by atoms with E-state index in [-0.39, 0.29) is 28.4 Å². The lowest BCUT2D eigenvalue weighted by atomic mass is 10.2. The van der Waals surface area contributed by atoms with Gasteiger partial charge in [-0.1, -0.05) is 0 Å². The van der Waals surface area contributed by atoms with Crippen molar-refractivity contribution in [2.24, 2.45) is 0 Å². The summed E-state index contributed by atoms with van der Waals surface area (Å²) in [6, 6.07) is 7.92. The predicted molar refractivity (Wildman–Crippen MR) is 91.3 cm³/mol. The van der Waals surface area contributed by atoms with Gasteiger partial charge in [0.2, 0.25) is 5.91 Å². The fraction of sp³-hybridized carbons (Fsp3) is 0.188. The number of carbonyl (C=O) groups excluding carboxylic acids is 1. The second kappa shape index (κ2) is 7.91. The Morgan fingerprint density at radius 1 is 1.23 bits per heavy atom. The molecule has 0 bridgehead atoms. The molecule has 0 radical (unpaired) electrons. The average Bonchev–Trinajstić information content (AvgIpc) is 2.60. The number of amides is 1. The fourth-order valence-electron chi connectivity index (χ4n) is 2.11. The maximum atomic E-state index is 12.9. The number of halogens is 1. The lowest BCUT2D eigenvalue weighted by Crippen LogP contribution is -2.18. The van der Waals surface area contributed by atoms with Crippen LogP contribution in [0.5, 0.6) is 5.75 Å². The highest BCUT2D eigenvalue weighted by Gasteiger charge is 2.18. The van der Waals surface area contributed by atoms with E-state index in [9.17, 15) is 27.7 Å². The van der Waals surface area contributed by atoms with Gasteiger partial charge in [-0.25, -0.2) is 12.8 Å². The van der Waals surface area contributed by atoms with E-state index in [0.717, 1.165) is 30.3 Å². The Kier molecular flexibility index (Phi) is 5.88. The molecule has 2 rings (SSSR count). The number of nitro groups is 1. The molecule has 26 heavy (non-hydrogen) atoms. The van der Waals surface area contributed by atoms with Crippen molar-refractivity contribution in [1.29, 1.82) is 0 Å². The highest BCUT2D eigenvalue weighted by atomic mass is 32.2. The van der Waals surface area contributed by atoms with Crippen molar-refractivity contribution in [2.75, 3.05) is 18.2 Å². The summed E-state index contributed by atoms with van der Waals surface area (Å²) in [6.45, 7) is 0. The van der Waals surface area contributed by atoms with Crippen LogP contribution in [0, 0.1) is 15.9 Å². The summed E-state index contributed by atoms with van der Waals surface area (Å²) >= 11 is 0. The number of anilines is 1. The average molecular weight is 382 g/mol. The van der Waals surface area contributed by atoms with Crippen molar-refractivity contribution in [3.8, 4) is 5.75 Å². The smallest absolute Gasteiger partial charge is 0.271 e. The lowest BCUT2D eigenvalue weighted by Gasteiger charge is -2.10. The monoisotopic (exact) mass is 382 g/mol. The summed E-state index contributed by atoms with van der Waals surface area (Å²) < 4.78 is 42.2. The van der Waals surface area contributed by atoms with Gasteiger partial charge in [0.1, 0.15) is 11.6 Å². The molecule has 0 spiro atoms. The normalized spacial score (nSPS) is 11.0. The Balaban J connectivity index is 2.08. The van der Waals surface area contributed by atoms with E-state index in [1.807, 2.05) is 0 Å². The second-order valence-electron chi connectivity index (χ2n) is 5.21. The second-order valence-corrected chi connectivity index (χ2v) is 7.32. The molecule has 2 aromatic rings. The number of nitro benzene ring substituents is 1. The molecule has 0 saturated carbocycles. The molecule has 0 aliphatic rings. The number of ether oxygens (including phenoxy) is 1. The number of nitrogens with zero attached hydrogens (tertiary/aromatic N) is 1. The van der Waals surface area contributed by atoms with E-state index < -0.39 is 32.2 Å². The van der Waals surface area contributed by atoms with E-state index in [0.29, 0.717) is 0 Å². The third kappa shape index (κ3) is 4.76. The third-order valence-electron chi connectivity index (χ3n) is 3.44. The minimum Gasteiger partial charge on any atom is -0.495 e. The van der Waals surface area contributed by atoms with Gasteiger partial charge >= 0.3 is 0 Å². The van der Waals surface area contributed by atoms with Crippen LogP contribution in [-0.4, -0.2) is 32.1 Å². The molecule has 0 fully saturated rings. The SMILES string of the molecule is COc1ccc([N+](=O)[O-])cc1NC(=O)CCS(=O)(=O)c1ccc(F)cc1. The molecule has 2 aromatic carbocycles. The molecule has 138 valence electrons. The summed E-state index contributed by atoms with van der Waals surface area (Å²) in [7, 11) is -2.44. The summed E-state index contributed by atoms with van der Waals surface area (Å²) in [6.07, 6.45) is -0.383. The molecule has 10 heteroatoms. The largest absolute Gasteiger partial charge is 0.495 e. The van der Waals surface area contributed by atoms with E-state index in [2.05, 4.69) is 5.32 Å². The van der Waals surface area contributed by atoms with Crippen LogP contribution >= 0.6 is 0 Å². The van der Waals surface area contributed by atoms with Crippen LogP contribution in [0.25, 0.3) is 0 Å². The zero-order chi connectivity index (χ0) is 19.3. The van der Waals surface area contributed by atoms with Gasteiger partial charge in [-0.2, -0.15) is 0 Å². The fourth-order valence-corrected chi connectivity index (χ4v) is 3.35. The molecule has 1 N–H and O–H groups in total. The van der Waals surface area contributed by atoms with Gasteiger partial charge in [-0.3, -0.25) is 14.9 Å². The van der Waals surface area contributed by atoms with Gasteiger partial charge in [-0.15, -0.1) is 0 Å². The summed E-state index contributed by atoms with van der Waals surface area (Å²) in [5, 5.41) is 13.2.